The molecule has 1 aromatic heterocycles. The molecule has 5 rings (SSSR count). The van der Waals surface area contributed by atoms with E-state index in [9.17, 15) is 24.0 Å². The fraction of sp³-hybridized carbons (Fsp3) is 0. The van der Waals surface area contributed by atoms with Crippen molar-refractivity contribution >= 4 is 46.0 Å². The van der Waals surface area contributed by atoms with Gasteiger partial charge < -0.3 is 0 Å². The Labute approximate surface area is 172 Å². The first-order chi connectivity index (χ1) is 14.5. The number of thiazole rings is 1. The Morgan fingerprint density at radius 2 is 1.47 bits per heavy atom. The van der Waals surface area contributed by atoms with Gasteiger partial charge in [-0.2, -0.15) is 5.01 Å². The second-order valence-electron chi connectivity index (χ2n) is 6.45. The molecule has 0 aliphatic carbocycles. The lowest BCUT2D eigenvalue weighted by atomic mass is 10.1. The molecule has 9 nitrogen and oxygen atoms in total. The summed E-state index contributed by atoms with van der Waals surface area (Å²) < 4.78 is 0. The Balaban J connectivity index is 1.42. The molecule has 10 heteroatoms. The molecule has 0 saturated heterocycles. The van der Waals surface area contributed by atoms with E-state index in [2.05, 4.69) is 10.4 Å². The van der Waals surface area contributed by atoms with Crippen LogP contribution >= 0.6 is 11.3 Å². The summed E-state index contributed by atoms with van der Waals surface area (Å²) in [5.41, 5.74) is 2.87. The van der Waals surface area contributed by atoms with Gasteiger partial charge in [-0.15, -0.1) is 11.3 Å². The van der Waals surface area contributed by atoms with Crippen LogP contribution in [0.4, 0.5) is 5.13 Å². The summed E-state index contributed by atoms with van der Waals surface area (Å²) in [7, 11) is 0. The van der Waals surface area contributed by atoms with Crippen LogP contribution in [-0.4, -0.2) is 39.5 Å². The second kappa shape index (κ2) is 6.42. The number of anilines is 1. The highest BCUT2D eigenvalue weighted by atomic mass is 32.1. The Morgan fingerprint density at radius 3 is 2.10 bits per heavy atom. The summed E-state index contributed by atoms with van der Waals surface area (Å²) in [6, 6.07) is 10.2. The highest BCUT2D eigenvalue weighted by Crippen LogP contribution is 2.30. The molecule has 0 spiro atoms. The van der Waals surface area contributed by atoms with Gasteiger partial charge in [-0.05, 0) is 30.3 Å². The van der Waals surface area contributed by atoms with Gasteiger partial charge >= 0.3 is 0 Å². The largest absolute Gasteiger partial charge is 0.280 e. The number of nitrogens with zero attached hydrogens (tertiary/aromatic N) is 3. The van der Waals surface area contributed by atoms with Crippen LogP contribution in [0.5, 0.6) is 0 Å². The number of nitrogens with one attached hydrogen (secondary N) is 1. The molecule has 3 heterocycles. The molecule has 0 saturated carbocycles. The molecule has 2 aromatic carbocycles. The fourth-order valence-corrected chi connectivity index (χ4v) is 3.98. The fourth-order valence-electron chi connectivity index (χ4n) is 3.34. The minimum absolute atomic E-state index is 0.0208. The zero-order valence-electron chi connectivity index (χ0n) is 15.0. The third kappa shape index (κ3) is 2.47. The zero-order valence-corrected chi connectivity index (χ0v) is 15.8. The van der Waals surface area contributed by atoms with Crippen LogP contribution in [0.1, 0.15) is 51.8 Å². The van der Waals surface area contributed by atoms with Gasteiger partial charge in [0.1, 0.15) is 0 Å². The van der Waals surface area contributed by atoms with Crippen molar-refractivity contribution in [3.8, 4) is 0 Å². The van der Waals surface area contributed by atoms with Gasteiger partial charge in [0.25, 0.3) is 29.5 Å². The van der Waals surface area contributed by atoms with Crippen LogP contribution in [0.25, 0.3) is 0 Å². The zero-order chi connectivity index (χ0) is 21.0. The predicted molar refractivity (Wildman–Crippen MR) is 104 cm³/mol. The standard InChI is InChI=1S/C20H10N4O5S/c25-15(22-24-18(28)11-3-1-2-4-12(11)19(24)29)10-5-6-13-14(9-10)17(27)23(16(13)26)20-21-7-8-30-20/h1-9H,(H,22,25). The lowest BCUT2D eigenvalue weighted by Gasteiger charge is -2.15. The molecular weight excluding hydrogens is 408 g/mol. The van der Waals surface area contributed by atoms with Gasteiger partial charge in [0.05, 0.1) is 22.3 Å². The molecule has 0 unspecified atom stereocenters. The number of rotatable bonds is 3. The Morgan fingerprint density at radius 1 is 0.833 bits per heavy atom. The Bertz CT molecular complexity index is 1250. The van der Waals surface area contributed by atoms with Gasteiger partial charge in [0.15, 0.2) is 5.13 Å². The Hall–Kier alpha value is -4.18. The van der Waals surface area contributed by atoms with Crippen molar-refractivity contribution in [3.63, 3.8) is 0 Å². The number of aromatic nitrogens is 1. The van der Waals surface area contributed by atoms with E-state index in [-0.39, 0.29) is 32.9 Å². The number of hydrogen-bond acceptors (Lipinski definition) is 7. The van der Waals surface area contributed by atoms with Crippen LogP contribution in [0, 0.1) is 0 Å². The molecule has 0 bridgehead atoms. The highest BCUT2D eigenvalue weighted by Gasteiger charge is 2.39. The molecule has 3 aromatic rings. The smallest absolute Gasteiger partial charge is 0.268 e. The molecule has 0 atom stereocenters. The van der Waals surface area contributed by atoms with Crippen LogP contribution < -0.4 is 10.3 Å². The molecule has 2 aliphatic heterocycles. The molecule has 0 fully saturated rings. The van der Waals surface area contributed by atoms with Gasteiger partial charge in [-0.3, -0.25) is 29.4 Å². The van der Waals surface area contributed by atoms with Crippen molar-refractivity contribution in [2.45, 2.75) is 0 Å². The molecule has 146 valence electrons. The van der Waals surface area contributed by atoms with Gasteiger partial charge in [0, 0.05) is 17.1 Å². The van der Waals surface area contributed by atoms with Gasteiger partial charge in [-0.1, -0.05) is 12.1 Å². The SMILES string of the molecule is O=C(NN1C(=O)c2ccccc2C1=O)c1ccc2c(c1)C(=O)N(c1nccs1)C2=O. The van der Waals surface area contributed by atoms with E-state index in [0.717, 1.165) is 16.2 Å². The first-order valence-corrected chi connectivity index (χ1v) is 9.56. The van der Waals surface area contributed by atoms with E-state index in [1.54, 1.807) is 17.5 Å². The maximum atomic E-state index is 12.7. The summed E-state index contributed by atoms with van der Waals surface area (Å²) in [5, 5.41) is 2.51. The van der Waals surface area contributed by atoms with Crippen molar-refractivity contribution in [1.82, 2.24) is 15.4 Å². The van der Waals surface area contributed by atoms with Crippen molar-refractivity contribution in [3.05, 3.63) is 81.9 Å². The van der Waals surface area contributed by atoms with Crippen molar-refractivity contribution in [2.75, 3.05) is 4.90 Å². The number of fused-ring (bicyclic) bond motifs is 2. The number of imide groups is 2. The van der Waals surface area contributed by atoms with E-state index < -0.39 is 29.5 Å². The number of hydrazine groups is 1. The van der Waals surface area contributed by atoms with Gasteiger partial charge in [0.2, 0.25) is 0 Å². The maximum Gasteiger partial charge on any atom is 0.280 e. The van der Waals surface area contributed by atoms with Crippen LogP contribution in [0.2, 0.25) is 0 Å². The number of benzene rings is 2. The normalized spacial score (nSPS) is 14.9. The lowest BCUT2D eigenvalue weighted by Crippen LogP contribution is -2.45. The van der Waals surface area contributed by atoms with Gasteiger partial charge in [-0.25, -0.2) is 9.88 Å². The summed E-state index contributed by atoms with van der Waals surface area (Å²) in [5.74, 6) is -3.18. The molecule has 30 heavy (non-hydrogen) atoms. The van der Waals surface area contributed by atoms with Crippen molar-refractivity contribution < 1.29 is 24.0 Å². The topological polar surface area (TPSA) is 117 Å². The predicted octanol–water partition coefficient (Wildman–Crippen LogP) is 1.88. The lowest BCUT2D eigenvalue weighted by molar-refractivity contribution is 0.0518. The van der Waals surface area contributed by atoms with E-state index in [4.69, 9.17) is 0 Å². The van der Waals surface area contributed by atoms with E-state index in [0.29, 0.717) is 5.01 Å². The van der Waals surface area contributed by atoms with E-state index in [1.165, 1.54) is 36.5 Å². The molecule has 0 radical (unpaired) electrons. The van der Waals surface area contributed by atoms with Crippen molar-refractivity contribution in [2.24, 2.45) is 0 Å². The minimum Gasteiger partial charge on any atom is -0.268 e. The third-order valence-electron chi connectivity index (χ3n) is 4.77. The quantitative estimate of drug-likeness (QED) is 0.649. The average molecular weight is 418 g/mol. The van der Waals surface area contributed by atoms with Crippen LogP contribution in [-0.2, 0) is 0 Å². The molecule has 5 amide bonds. The third-order valence-corrected chi connectivity index (χ3v) is 5.52. The summed E-state index contributed by atoms with van der Waals surface area (Å²) in [6.07, 6.45) is 1.48. The van der Waals surface area contributed by atoms with Crippen LogP contribution in [0.3, 0.4) is 0 Å². The summed E-state index contributed by atoms with van der Waals surface area (Å²) in [4.78, 5) is 67.7. The second-order valence-corrected chi connectivity index (χ2v) is 7.33. The maximum absolute atomic E-state index is 12.7. The molecular formula is C20H10N4O5S. The summed E-state index contributed by atoms with van der Waals surface area (Å²) in [6.45, 7) is 0. The number of carbonyl (C=O) groups excluding carboxylic acids is 5. The minimum atomic E-state index is -0.764. The van der Waals surface area contributed by atoms with Crippen molar-refractivity contribution in [1.29, 1.82) is 0 Å². The first-order valence-electron chi connectivity index (χ1n) is 8.68. The average Bonchev–Trinajstić information content (AvgIpc) is 3.43. The number of hydrogen-bond donors (Lipinski definition) is 1. The van der Waals surface area contributed by atoms with E-state index in [1.807, 2.05) is 0 Å². The highest BCUT2D eigenvalue weighted by molar-refractivity contribution is 7.14. The van der Waals surface area contributed by atoms with Crippen LogP contribution in [0.15, 0.2) is 54.0 Å². The van der Waals surface area contributed by atoms with E-state index >= 15 is 0 Å². The monoisotopic (exact) mass is 418 g/mol. The molecule has 2 aliphatic rings. The number of amides is 5. The summed E-state index contributed by atoms with van der Waals surface area (Å²) >= 11 is 1.14. The molecule has 1 N–H and O–H groups in total. The first kappa shape index (κ1) is 17.9. The number of carbonyl (C=O) groups is 5. The Kier molecular flexibility index (Phi) is 3.83.